The summed E-state index contributed by atoms with van der Waals surface area (Å²) < 4.78 is 0. The van der Waals surface area contributed by atoms with Gasteiger partial charge < -0.3 is 20.6 Å². The molecule has 110 valence electrons. The molecule has 0 saturated heterocycles. The molecule has 1 aromatic carbocycles. The van der Waals surface area contributed by atoms with Crippen molar-refractivity contribution < 1.29 is 15.3 Å². The number of hydrogen-bond acceptors (Lipinski definition) is 5. The van der Waals surface area contributed by atoms with Crippen LogP contribution in [0.5, 0.6) is 11.5 Å². The third kappa shape index (κ3) is 5.36. The molecule has 2 atom stereocenters. The van der Waals surface area contributed by atoms with Crippen LogP contribution in [0.15, 0.2) is 23.3 Å². The maximum Gasteiger partial charge on any atom is 0.157 e. The Labute approximate surface area is 117 Å². The Morgan fingerprint density at radius 2 is 2.10 bits per heavy atom. The normalized spacial score (nSPS) is 13.5. The molecule has 0 spiro atoms. The van der Waals surface area contributed by atoms with Gasteiger partial charge in [0, 0.05) is 24.0 Å². The number of hydrogen-bond donors (Lipinski definition) is 4. The number of aromatic hydroxyl groups is 2. The first-order valence-corrected chi connectivity index (χ1v) is 6.48. The number of aliphatic hydroxyl groups is 1. The summed E-state index contributed by atoms with van der Waals surface area (Å²) in [6, 6.07) is 4.43. The molecule has 20 heavy (non-hydrogen) atoms. The van der Waals surface area contributed by atoms with E-state index in [1.165, 1.54) is 12.1 Å². The number of nitrogens with zero attached hydrogens (tertiary/aromatic N) is 3. The van der Waals surface area contributed by atoms with Crippen molar-refractivity contribution in [2.45, 2.75) is 31.9 Å². The maximum absolute atomic E-state index is 9.97. The summed E-state index contributed by atoms with van der Waals surface area (Å²) >= 11 is 0. The van der Waals surface area contributed by atoms with Crippen LogP contribution in [-0.2, 0) is 0 Å². The topological polar surface area (TPSA) is 121 Å². The van der Waals surface area contributed by atoms with E-state index in [0.717, 1.165) is 12.8 Å². The minimum atomic E-state index is -0.763. The summed E-state index contributed by atoms with van der Waals surface area (Å²) in [5.74, 6) is -0.454. The van der Waals surface area contributed by atoms with Gasteiger partial charge in [0.25, 0.3) is 0 Å². The second-order valence-electron chi connectivity index (χ2n) is 4.67. The lowest BCUT2D eigenvalue weighted by Crippen LogP contribution is -2.30. The van der Waals surface area contributed by atoms with Gasteiger partial charge in [0.05, 0.1) is 6.10 Å². The Morgan fingerprint density at radius 3 is 2.75 bits per heavy atom. The molecule has 0 aromatic heterocycles. The Bertz CT molecular complexity index is 475. The number of nitrogens with one attached hydrogen (secondary N) is 1. The predicted octanol–water partition coefficient (Wildman–Crippen LogP) is 2.20. The quantitative estimate of drug-likeness (QED) is 0.192. The van der Waals surface area contributed by atoms with Crippen molar-refractivity contribution in [3.63, 3.8) is 0 Å². The molecule has 0 amide bonds. The largest absolute Gasteiger partial charge is 0.504 e. The summed E-state index contributed by atoms with van der Waals surface area (Å²) in [4.78, 5) is 2.68. The zero-order valence-corrected chi connectivity index (χ0v) is 11.4. The van der Waals surface area contributed by atoms with E-state index in [2.05, 4.69) is 15.3 Å². The van der Waals surface area contributed by atoms with E-state index in [-0.39, 0.29) is 17.5 Å². The van der Waals surface area contributed by atoms with Gasteiger partial charge in [0.2, 0.25) is 0 Å². The summed E-state index contributed by atoms with van der Waals surface area (Å²) in [5, 5.41) is 35.2. The molecule has 1 rings (SSSR count). The number of phenolic OH excluding ortho intramolecular Hbond substituents is 2. The average molecular weight is 280 g/mol. The van der Waals surface area contributed by atoms with E-state index in [1.807, 2.05) is 6.92 Å². The van der Waals surface area contributed by atoms with Crippen LogP contribution in [0, 0.1) is 0 Å². The SMILES string of the molecule is CC(CCCN=[N+]=[N-])NC[C@H](O)c1ccc(O)c(O)c1. The maximum atomic E-state index is 9.97. The fourth-order valence-corrected chi connectivity index (χ4v) is 1.79. The van der Waals surface area contributed by atoms with Crippen LogP contribution in [-0.4, -0.2) is 34.5 Å². The van der Waals surface area contributed by atoms with Crippen LogP contribution in [0.4, 0.5) is 0 Å². The molecule has 1 aromatic rings. The first-order valence-electron chi connectivity index (χ1n) is 6.48. The highest BCUT2D eigenvalue weighted by atomic mass is 16.3. The predicted molar refractivity (Wildman–Crippen MR) is 75.4 cm³/mol. The zero-order valence-electron chi connectivity index (χ0n) is 11.4. The highest BCUT2D eigenvalue weighted by Gasteiger charge is 2.11. The van der Waals surface area contributed by atoms with Crippen molar-refractivity contribution in [1.29, 1.82) is 0 Å². The van der Waals surface area contributed by atoms with E-state index in [1.54, 1.807) is 6.07 Å². The van der Waals surface area contributed by atoms with Gasteiger partial charge in [-0.3, -0.25) is 0 Å². The van der Waals surface area contributed by atoms with Gasteiger partial charge in [0.15, 0.2) is 11.5 Å². The third-order valence-electron chi connectivity index (χ3n) is 3.00. The summed E-state index contributed by atoms with van der Waals surface area (Å²) in [5.41, 5.74) is 8.68. The lowest BCUT2D eigenvalue weighted by molar-refractivity contribution is 0.169. The van der Waals surface area contributed by atoms with Crippen molar-refractivity contribution in [2.24, 2.45) is 5.11 Å². The molecule has 0 heterocycles. The fraction of sp³-hybridized carbons (Fsp3) is 0.538. The van der Waals surface area contributed by atoms with Crippen LogP contribution >= 0.6 is 0 Å². The molecule has 0 aliphatic rings. The van der Waals surface area contributed by atoms with Gasteiger partial charge in [-0.1, -0.05) is 11.2 Å². The molecule has 0 saturated carbocycles. The van der Waals surface area contributed by atoms with E-state index in [9.17, 15) is 15.3 Å². The number of phenols is 2. The lowest BCUT2D eigenvalue weighted by atomic mass is 10.1. The zero-order chi connectivity index (χ0) is 15.0. The van der Waals surface area contributed by atoms with Crippen LogP contribution in [0.2, 0.25) is 0 Å². The number of rotatable bonds is 8. The number of aliphatic hydroxyl groups excluding tert-OH is 1. The Balaban J connectivity index is 2.36. The third-order valence-corrected chi connectivity index (χ3v) is 3.00. The second kappa shape index (κ2) is 8.27. The van der Waals surface area contributed by atoms with Gasteiger partial charge in [-0.05, 0) is 43.0 Å². The molecule has 0 aliphatic heterocycles. The highest BCUT2D eigenvalue weighted by molar-refractivity contribution is 5.41. The van der Waals surface area contributed by atoms with Crippen molar-refractivity contribution >= 4 is 0 Å². The first-order chi connectivity index (χ1) is 9.54. The smallest absolute Gasteiger partial charge is 0.157 e. The van der Waals surface area contributed by atoms with Crippen molar-refractivity contribution in [2.75, 3.05) is 13.1 Å². The van der Waals surface area contributed by atoms with Crippen molar-refractivity contribution in [1.82, 2.24) is 5.32 Å². The van der Waals surface area contributed by atoms with E-state index >= 15 is 0 Å². The second-order valence-corrected chi connectivity index (χ2v) is 4.67. The van der Waals surface area contributed by atoms with E-state index < -0.39 is 6.10 Å². The molecule has 4 N–H and O–H groups in total. The Hall–Kier alpha value is -1.95. The average Bonchev–Trinajstić information content (AvgIpc) is 2.44. The van der Waals surface area contributed by atoms with Gasteiger partial charge >= 0.3 is 0 Å². The first kappa shape index (κ1) is 16.1. The number of azide groups is 1. The van der Waals surface area contributed by atoms with Gasteiger partial charge in [-0.25, -0.2) is 0 Å². The molecular formula is C13H20N4O3. The van der Waals surface area contributed by atoms with Crippen LogP contribution < -0.4 is 5.32 Å². The minimum Gasteiger partial charge on any atom is -0.504 e. The molecule has 0 fully saturated rings. The lowest BCUT2D eigenvalue weighted by Gasteiger charge is -2.17. The van der Waals surface area contributed by atoms with Gasteiger partial charge in [-0.15, -0.1) is 0 Å². The summed E-state index contributed by atoms with van der Waals surface area (Å²) in [6.45, 7) is 2.79. The molecule has 7 heteroatoms. The Morgan fingerprint density at radius 1 is 1.35 bits per heavy atom. The summed E-state index contributed by atoms with van der Waals surface area (Å²) in [6.07, 6.45) is 0.863. The van der Waals surface area contributed by atoms with E-state index in [0.29, 0.717) is 18.7 Å². The molecule has 7 nitrogen and oxygen atoms in total. The Kier molecular flexibility index (Phi) is 6.66. The van der Waals surface area contributed by atoms with Crippen LogP contribution in [0.3, 0.4) is 0 Å². The van der Waals surface area contributed by atoms with Crippen molar-refractivity contribution in [3.8, 4) is 11.5 Å². The molecule has 1 unspecified atom stereocenters. The van der Waals surface area contributed by atoms with Crippen LogP contribution in [0.25, 0.3) is 10.4 Å². The molecular weight excluding hydrogens is 260 g/mol. The fourth-order valence-electron chi connectivity index (χ4n) is 1.79. The molecule has 0 bridgehead atoms. The highest BCUT2D eigenvalue weighted by Crippen LogP contribution is 2.27. The standard InChI is InChI=1S/C13H20N4O3/c1-9(3-2-6-16-17-14)15-8-13(20)10-4-5-11(18)12(19)7-10/h4-5,7,9,13,15,18-20H,2-3,6,8H2,1H3/t9?,13-/m0/s1. The molecule has 0 radical (unpaired) electrons. The summed E-state index contributed by atoms with van der Waals surface area (Å²) in [7, 11) is 0. The van der Waals surface area contributed by atoms with E-state index in [4.69, 9.17) is 5.53 Å². The monoisotopic (exact) mass is 280 g/mol. The van der Waals surface area contributed by atoms with Crippen molar-refractivity contribution in [3.05, 3.63) is 34.2 Å². The minimum absolute atomic E-state index is 0.184. The van der Waals surface area contributed by atoms with Gasteiger partial charge in [0.1, 0.15) is 0 Å². The van der Waals surface area contributed by atoms with Crippen LogP contribution in [0.1, 0.15) is 31.4 Å². The molecule has 0 aliphatic carbocycles. The van der Waals surface area contributed by atoms with Gasteiger partial charge in [-0.2, -0.15) is 0 Å². The number of benzene rings is 1.